The van der Waals surface area contributed by atoms with Gasteiger partial charge in [0.2, 0.25) is 0 Å². The van der Waals surface area contributed by atoms with Gasteiger partial charge in [-0.15, -0.1) is 0 Å². The smallest absolute Gasteiger partial charge is 0.157 e. The molecule has 0 radical (unpaired) electrons. The molecule has 0 bridgehead atoms. The first-order valence-corrected chi connectivity index (χ1v) is 15.7. The number of benzene rings is 7. The average molecular weight is 606 g/mol. The molecule has 0 amide bonds. The van der Waals surface area contributed by atoms with Gasteiger partial charge in [0.25, 0.3) is 0 Å². The van der Waals surface area contributed by atoms with Gasteiger partial charge < -0.3 is 10.2 Å². The Labute approximate surface area is 273 Å². The van der Waals surface area contributed by atoms with Crippen molar-refractivity contribution in [1.82, 2.24) is 0 Å². The zero-order valence-electron chi connectivity index (χ0n) is 25.7. The molecular formula is C43H31N3O. The molecule has 0 unspecified atom stereocenters. The van der Waals surface area contributed by atoms with Crippen LogP contribution in [0.3, 0.4) is 0 Å². The largest absolute Gasteiger partial charge is 0.455 e. The molecule has 47 heavy (non-hydrogen) atoms. The number of rotatable bonds is 6. The topological polar surface area (TPSA) is 63.9 Å². The van der Waals surface area contributed by atoms with E-state index in [-0.39, 0.29) is 0 Å². The van der Waals surface area contributed by atoms with Crippen LogP contribution in [0.5, 0.6) is 0 Å². The van der Waals surface area contributed by atoms with Crippen LogP contribution in [0.4, 0.5) is 0 Å². The summed E-state index contributed by atoms with van der Waals surface area (Å²) in [5.74, 6) is 0.996. The lowest BCUT2D eigenvalue weighted by Crippen LogP contribution is -2.16. The molecule has 0 saturated heterocycles. The van der Waals surface area contributed by atoms with Crippen molar-refractivity contribution in [3.63, 3.8) is 0 Å². The Kier molecular flexibility index (Phi) is 7.37. The Morgan fingerprint density at radius 2 is 1.21 bits per heavy atom. The molecule has 4 nitrogen and oxygen atoms in total. The molecule has 8 aromatic rings. The molecule has 8 rings (SSSR count). The van der Waals surface area contributed by atoms with E-state index in [0.717, 1.165) is 60.5 Å². The zero-order chi connectivity index (χ0) is 31.6. The van der Waals surface area contributed by atoms with E-state index in [2.05, 4.69) is 103 Å². The average Bonchev–Trinajstić information content (AvgIpc) is 3.54. The number of fused-ring (bicyclic) bond motifs is 4. The fourth-order valence-electron chi connectivity index (χ4n) is 6.21. The first-order chi connectivity index (χ1) is 23.2. The second-order valence-corrected chi connectivity index (χ2v) is 11.6. The van der Waals surface area contributed by atoms with Crippen molar-refractivity contribution in [3.8, 4) is 22.3 Å². The Hall–Kier alpha value is -6.26. The van der Waals surface area contributed by atoms with E-state index in [0.29, 0.717) is 18.2 Å². The van der Waals surface area contributed by atoms with Crippen LogP contribution < -0.4 is 5.73 Å². The summed E-state index contributed by atoms with van der Waals surface area (Å²) >= 11 is 0. The molecular weight excluding hydrogens is 574 g/mol. The molecule has 224 valence electrons. The predicted molar refractivity (Wildman–Crippen MR) is 196 cm³/mol. The van der Waals surface area contributed by atoms with E-state index >= 15 is 0 Å². The maximum atomic E-state index is 6.59. The number of para-hydroxylation sites is 1. The van der Waals surface area contributed by atoms with E-state index < -0.39 is 0 Å². The van der Waals surface area contributed by atoms with Crippen molar-refractivity contribution in [3.05, 3.63) is 180 Å². The van der Waals surface area contributed by atoms with Crippen molar-refractivity contribution < 1.29 is 4.42 Å². The highest BCUT2D eigenvalue weighted by Gasteiger charge is 2.16. The molecule has 1 heterocycles. The summed E-state index contributed by atoms with van der Waals surface area (Å²) in [6.45, 7) is 0.404. The number of nitrogens with two attached hydrogens (primary N) is 1. The van der Waals surface area contributed by atoms with Gasteiger partial charge in [-0.2, -0.15) is 0 Å². The highest BCUT2D eigenvalue weighted by molar-refractivity contribution is 6.13. The van der Waals surface area contributed by atoms with Crippen molar-refractivity contribution in [2.24, 2.45) is 15.7 Å². The third-order valence-electron chi connectivity index (χ3n) is 8.60. The Morgan fingerprint density at radius 1 is 0.553 bits per heavy atom. The highest BCUT2D eigenvalue weighted by atomic mass is 16.3. The number of furan rings is 1. The summed E-state index contributed by atoms with van der Waals surface area (Å²) in [6.07, 6.45) is 0. The number of hydrogen-bond donors (Lipinski definition) is 1. The minimum Gasteiger partial charge on any atom is -0.455 e. The van der Waals surface area contributed by atoms with E-state index in [1.807, 2.05) is 60.7 Å². The van der Waals surface area contributed by atoms with Crippen LogP contribution in [0.2, 0.25) is 0 Å². The Bertz CT molecular complexity index is 2430. The molecule has 0 fully saturated rings. The molecule has 4 heteroatoms. The lowest BCUT2D eigenvalue weighted by Gasteiger charge is -2.10. The van der Waals surface area contributed by atoms with Gasteiger partial charge in [0, 0.05) is 27.5 Å². The fraction of sp³-hybridized carbons (Fsp3) is 0.0233. The van der Waals surface area contributed by atoms with E-state index in [1.165, 1.54) is 11.1 Å². The van der Waals surface area contributed by atoms with Gasteiger partial charge >= 0.3 is 0 Å². The SMILES string of the molecule is N/C(=N\C(=N/Cc1ccc(-c2ccccc2)c2oc3ccccc3c12)c1ccc2cc(-c3ccccc3)ccc2c1)c1ccccc1. The van der Waals surface area contributed by atoms with Crippen LogP contribution in [0.15, 0.2) is 178 Å². The van der Waals surface area contributed by atoms with Gasteiger partial charge in [0.05, 0.1) is 6.54 Å². The van der Waals surface area contributed by atoms with Crippen molar-refractivity contribution >= 4 is 44.4 Å². The molecule has 0 aliphatic rings. The molecule has 7 aromatic carbocycles. The van der Waals surface area contributed by atoms with Crippen LogP contribution in [-0.2, 0) is 6.54 Å². The van der Waals surface area contributed by atoms with Crippen LogP contribution >= 0.6 is 0 Å². The summed E-state index contributed by atoms with van der Waals surface area (Å²) in [5, 5.41) is 4.40. The van der Waals surface area contributed by atoms with E-state index in [9.17, 15) is 0 Å². The number of hydrogen-bond acceptors (Lipinski definition) is 2. The summed E-state index contributed by atoms with van der Waals surface area (Å²) < 4.78 is 6.49. The summed E-state index contributed by atoms with van der Waals surface area (Å²) in [7, 11) is 0. The van der Waals surface area contributed by atoms with Gasteiger partial charge in [-0.05, 0) is 51.2 Å². The predicted octanol–water partition coefficient (Wildman–Crippen LogP) is 10.4. The third kappa shape index (κ3) is 5.58. The quantitative estimate of drug-likeness (QED) is 0.151. The van der Waals surface area contributed by atoms with Crippen LogP contribution in [-0.4, -0.2) is 11.7 Å². The molecule has 0 aliphatic carbocycles. The maximum Gasteiger partial charge on any atom is 0.157 e. The van der Waals surface area contributed by atoms with Crippen LogP contribution in [0.25, 0.3) is 55.0 Å². The van der Waals surface area contributed by atoms with Gasteiger partial charge in [-0.25, -0.2) is 4.99 Å². The first kappa shape index (κ1) is 28.2. The number of aliphatic imine (C=N–C) groups is 2. The Morgan fingerprint density at radius 3 is 2.00 bits per heavy atom. The fourth-order valence-corrected chi connectivity index (χ4v) is 6.21. The molecule has 0 saturated carbocycles. The summed E-state index contributed by atoms with van der Waals surface area (Å²) in [5.41, 5.74) is 15.7. The highest BCUT2D eigenvalue weighted by Crippen LogP contribution is 2.38. The van der Waals surface area contributed by atoms with Crippen molar-refractivity contribution in [1.29, 1.82) is 0 Å². The summed E-state index contributed by atoms with van der Waals surface area (Å²) in [6, 6.07) is 56.0. The number of amidine groups is 2. The standard InChI is InChI=1S/C43H31N3O/c44-42(31-16-8-3-9-17-31)46-43(35-23-22-33-26-32(20-21-34(33)27-35)29-12-4-1-5-13-29)45-28-36-24-25-37(30-14-6-2-7-15-30)41-40(36)38-18-10-11-19-39(38)47-41/h1-27H,28H2,(H2,44,45,46). The monoisotopic (exact) mass is 605 g/mol. The maximum absolute atomic E-state index is 6.59. The minimum absolute atomic E-state index is 0.404. The number of nitrogens with zero attached hydrogens (tertiary/aromatic N) is 2. The van der Waals surface area contributed by atoms with Gasteiger partial charge in [0.15, 0.2) is 5.84 Å². The van der Waals surface area contributed by atoms with Crippen molar-refractivity contribution in [2.45, 2.75) is 6.54 Å². The first-order valence-electron chi connectivity index (χ1n) is 15.7. The van der Waals surface area contributed by atoms with Crippen LogP contribution in [0.1, 0.15) is 16.7 Å². The molecule has 1 aromatic heterocycles. The second kappa shape index (κ2) is 12.3. The molecule has 0 spiro atoms. The molecule has 2 N–H and O–H groups in total. The minimum atomic E-state index is 0.404. The Balaban J connectivity index is 1.24. The molecule has 0 atom stereocenters. The van der Waals surface area contributed by atoms with E-state index in [4.69, 9.17) is 20.1 Å². The normalized spacial score (nSPS) is 12.3. The van der Waals surface area contributed by atoms with Gasteiger partial charge in [0.1, 0.15) is 17.0 Å². The lowest BCUT2D eigenvalue weighted by molar-refractivity contribution is 0.669. The zero-order valence-corrected chi connectivity index (χ0v) is 25.7. The van der Waals surface area contributed by atoms with Crippen LogP contribution in [0, 0.1) is 0 Å². The lowest BCUT2D eigenvalue weighted by atomic mass is 9.98. The molecule has 0 aliphatic heterocycles. The van der Waals surface area contributed by atoms with Gasteiger partial charge in [-0.3, -0.25) is 4.99 Å². The van der Waals surface area contributed by atoms with Gasteiger partial charge in [-0.1, -0.05) is 146 Å². The third-order valence-corrected chi connectivity index (χ3v) is 8.60. The van der Waals surface area contributed by atoms with E-state index in [1.54, 1.807) is 0 Å². The second-order valence-electron chi connectivity index (χ2n) is 11.6. The summed E-state index contributed by atoms with van der Waals surface area (Å²) in [4.78, 5) is 10.1. The van der Waals surface area contributed by atoms with Crippen molar-refractivity contribution in [2.75, 3.05) is 0 Å².